The van der Waals surface area contributed by atoms with Crippen molar-refractivity contribution in [2.45, 2.75) is 71.1 Å². The number of hydrogen-bond acceptors (Lipinski definition) is 1. The van der Waals surface area contributed by atoms with Crippen molar-refractivity contribution in [1.29, 1.82) is 0 Å². The van der Waals surface area contributed by atoms with E-state index in [0.717, 1.165) is 12.8 Å². The second kappa shape index (κ2) is 11.4. The molecule has 88 valence electrons. The van der Waals surface area contributed by atoms with Crippen LogP contribution in [0.1, 0.15) is 71.1 Å². The Kier molecular flexibility index (Phi) is 10.9. The van der Waals surface area contributed by atoms with Gasteiger partial charge in [0.05, 0.1) is 0 Å². The molecule has 0 aliphatic rings. The van der Waals surface area contributed by atoms with E-state index < -0.39 is 0 Å². The topological polar surface area (TPSA) is 29.4 Å². The number of unbranched alkanes of at least 4 members (excludes halogenated alkanes) is 8. The lowest BCUT2D eigenvalue weighted by atomic mass is 10.1. The molecule has 0 aliphatic carbocycles. The maximum atomic E-state index is 10.8. The highest BCUT2D eigenvalue weighted by atomic mass is 16.1. The zero-order chi connectivity index (χ0) is 11.4. The zero-order valence-electron chi connectivity index (χ0n) is 10.1. The molecule has 0 fully saturated rings. The summed E-state index contributed by atoms with van der Waals surface area (Å²) in [6.07, 6.45) is 12.1. The largest absolute Gasteiger partial charge is 0.273 e. The summed E-state index contributed by atoms with van der Waals surface area (Å²) in [4.78, 5) is 14.2. The average Bonchev–Trinajstić information content (AvgIpc) is 2.26. The predicted molar refractivity (Wildman–Crippen MR) is 66.4 cm³/mol. The number of nitrogens with zero attached hydrogens (tertiary/aromatic N) is 1. The van der Waals surface area contributed by atoms with Gasteiger partial charge >= 0.3 is 0 Å². The number of carbonyl (C=O) groups is 1. The molecule has 0 rings (SSSR count). The van der Waals surface area contributed by atoms with Crippen LogP contribution >= 0.6 is 0 Å². The minimum atomic E-state index is -0.0575. The minimum Gasteiger partial charge on any atom is -0.273 e. The number of amides is 1. The second-order valence-electron chi connectivity index (χ2n) is 4.13. The molecule has 0 radical (unpaired) electrons. The van der Waals surface area contributed by atoms with E-state index in [-0.39, 0.29) is 5.91 Å². The molecule has 0 saturated carbocycles. The highest BCUT2D eigenvalue weighted by Crippen LogP contribution is 2.10. The van der Waals surface area contributed by atoms with Gasteiger partial charge in [-0.05, 0) is 13.1 Å². The van der Waals surface area contributed by atoms with Crippen LogP contribution in [0.4, 0.5) is 0 Å². The molecule has 2 nitrogen and oxygen atoms in total. The molecule has 0 aromatic carbocycles. The van der Waals surface area contributed by atoms with Gasteiger partial charge in [0.25, 0.3) is 0 Å². The molecule has 0 atom stereocenters. The standard InChI is InChI=1S/C13H25NO/c1-3-4-5-6-7-8-9-10-11-12-13(15)14-2/h2-12H2,1H3. The van der Waals surface area contributed by atoms with Gasteiger partial charge in [-0.2, -0.15) is 0 Å². The fourth-order valence-electron chi connectivity index (χ4n) is 1.67. The normalized spacial score (nSPS) is 10.2. The summed E-state index contributed by atoms with van der Waals surface area (Å²) in [6.45, 7) is 5.46. The Bertz CT molecular complexity index is 166. The summed E-state index contributed by atoms with van der Waals surface area (Å²) >= 11 is 0. The summed E-state index contributed by atoms with van der Waals surface area (Å²) in [6, 6.07) is 0. The molecule has 0 saturated heterocycles. The van der Waals surface area contributed by atoms with E-state index >= 15 is 0 Å². The number of rotatable bonds is 10. The number of aliphatic imine (C=N–C) groups is 1. The molecule has 0 spiro atoms. The first-order valence-electron chi connectivity index (χ1n) is 6.30. The third-order valence-corrected chi connectivity index (χ3v) is 2.67. The minimum absolute atomic E-state index is 0.0575. The van der Waals surface area contributed by atoms with Gasteiger partial charge in [0.2, 0.25) is 5.91 Å². The molecular weight excluding hydrogens is 186 g/mol. The maximum Gasteiger partial charge on any atom is 0.245 e. The van der Waals surface area contributed by atoms with E-state index in [4.69, 9.17) is 0 Å². The molecule has 0 unspecified atom stereocenters. The lowest BCUT2D eigenvalue weighted by Gasteiger charge is -2.00. The molecule has 1 amide bonds. The third-order valence-electron chi connectivity index (χ3n) is 2.67. The van der Waals surface area contributed by atoms with Crippen molar-refractivity contribution in [3.05, 3.63) is 0 Å². The molecule has 0 aromatic rings. The highest BCUT2D eigenvalue weighted by Gasteiger charge is 1.96. The Balaban J connectivity index is 2.98. The maximum absolute atomic E-state index is 10.8. The van der Waals surface area contributed by atoms with E-state index in [2.05, 4.69) is 18.6 Å². The van der Waals surface area contributed by atoms with Crippen molar-refractivity contribution < 1.29 is 4.79 Å². The van der Waals surface area contributed by atoms with Crippen molar-refractivity contribution in [3.63, 3.8) is 0 Å². The van der Waals surface area contributed by atoms with Crippen LogP contribution in [0.25, 0.3) is 0 Å². The van der Waals surface area contributed by atoms with Crippen LogP contribution in [0.15, 0.2) is 4.99 Å². The van der Waals surface area contributed by atoms with Gasteiger partial charge in [0.15, 0.2) is 0 Å². The van der Waals surface area contributed by atoms with Gasteiger partial charge in [-0.3, -0.25) is 4.79 Å². The fourth-order valence-corrected chi connectivity index (χ4v) is 1.67. The van der Waals surface area contributed by atoms with Gasteiger partial charge in [0.1, 0.15) is 0 Å². The van der Waals surface area contributed by atoms with Gasteiger partial charge in [0, 0.05) is 6.42 Å². The molecule has 15 heavy (non-hydrogen) atoms. The molecule has 0 heterocycles. The molecule has 0 aliphatic heterocycles. The van der Waals surface area contributed by atoms with Crippen molar-refractivity contribution in [1.82, 2.24) is 0 Å². The van der Waals surface area contributed by atoms with E-state index in [0.29, 0.717) is 6.42 Å². The van der Waals surface area contributed by atoms with Crippen LogP contribution in [0, 0.1) is 0 Å². The predicted octanol–water partition coefficient (Wildman–Crippen LogP) is 4.13. The first-order valence-corrected chi connectivity index (χ1v) is 6.30. The molecule has 0 aromatic heterocycles. The lowest BCUT2D eigenvalue weighted by Crippen LogP contribution is -1.91. The summed E-state index contributed by atoms with van der Waals surface area (Å²) in [7, 11) is 0. The first kappa shape index (κ1) is 14.3. The Morgan fingerprint density at radius 1 is 0.933 bits per heavy atom. The smallest absolute Gasteiger partial charge is 0.245 e. The summed E-state index contributed by atoms with van der Waals surface area (Å²) in [5.41, 5.74) is 0. The van der Waals surface area contributed by atoms with Gasteiger partial charge in [-0.1, -0.05) is 58.3 Å². The van der Waals surface area contributed by atoms with E-state index in [1.54, 1.807) is 0 Å². The Labute approximate surface area is 94.2 Å². The Morgan fingerprint density at radius 3 is 1.87 bits per heavy atom. The van der Waals surface area contributed by atoms with Crippen LogP contribution in [0.3, 0.4) is 0 Å². The number of carbonyl (C=O) groups excluding carboxylic acids is 1. The SMILES string of the molecule is C=NC(=O)CCCCCCCCCCC. The van der Waals surface area contributed by atoms with Crippen molar-refractivity contribution in [3.8, 4) is 0 Å². The van der Waals surface area contributed by atoms with Crippen molar-refractivity contribution >= 4 is 12.6 Å². The van der Waals surface area contributed by atoms with Gasteiger partial charge in [-0.15, -0.1) is 0 Å². The second-order valence-corrected chi connectivity index (χ2v) is 4.13. The third kappa shape index (κ3) is 11.3. The van der Waals surface area contributed by atoms with Crippen molar-refractivity contribution in [2.24, 2.45) is 4.99 Å². The Morgan fingerprint density at radius 2 is 1.40 bits per heavy atom. The van der Waals surface area contributed by atoms with E-state index in [9.17, 15) is 4.79 Å². The van der Waals surface area contributed by atoms with Gasteiger partial charge in [-0.25, -0.2) is 4.99 Å². The summed E-state index contributed by atoms with van der Waals surface area (Å²) in [5, 5.41) is 0. The average molecular weight is 211 g/mol. The fraction of sp³-hybridized carbons (Fsp3) is 0.846. The molecular formula is C13H25NO. The van der Waals surface area contributed by atoms with Crippen LogP contribution in [-0.4, -0.2) is 12.6 Å². The van der Waals surface area contributed by atoms with Crippen molar-refractivity contribution in [2.75, 3.05) is 0 Å². The zero-order valence-corrected chi connectivity index (χ0v) is 10.1. The van der Waals surface area contributed by atoms with Crippen LogP contribution in [-0.2, 0) is 4.79 Å². The Hall–Kier alpha value is -0.660. The van der Waals surface area contributed by atoms with Crippen LogP contribution in [0.5, 0.6) is 0 Å². The summed E-state index contributed by atoms with van der Waals surface area (Å²) in [5.74, 6) is -0.0575. The monoisotopic (exact) mass is 211 g/mol. The van der Waals surface area contributed by atoms with E-state index in [1.807, 2.05) is 0 Å². The first-order chi connectivity index (χ1) is 7.31. The number of hydrogen-bond donors (Lipinski definition) is 0. The quantitative estimate of drug-likeness (QED) is 0.394. The highest BCUT2D eigenvalue weighted by molar-refractivity contribution is 5.80. The molecule has 2 heteroatoms. The van der Waals surface area contributed by atoms with Gasteiger partial charge < -0.3 is 0 Å². The lowest BCUT2D eigenvalue weighted by molar-refractivity contribution is -0.117. The molecule has 0 bridgehead atoms. The van der Waals surface area contributed by atoms with E-state index in [1.165, 1.54) is 44.9 Å². The summed E-state index contributed by atoms with van der Waals surface area (Å²) < 4.78 is 0. The van der Waals surface area contributed by atoms with Crippen LogP contribution < -0.4 is 0 Å². The molecule has 0 N–H and O–H groups in total. The van der Waals surface area contributed by atoms with Crippen LogP contribution in [0.2, 0.25) is 0 Å².